The molecule has 1 aliphatic heterocycles. The van der Waals surface area contributed by atoms with Crippen molar-refractivity contribution in [1.29, 1.82) is 0 Å². The molecule has 0 aromatic carbocycles. The number of hydroxylamine groups is 1. The Morgan fingerprint density at radius 3 is 2.50 bits per heavy atom. The molecule has 18 heavy (non-hydrogen) atoms. The molecule has 104 valence electrons. The van der Waals surface area contributed by atoms with Gasteiger partial charge >= 0.3 is 10.4 Å². The van der Waals surface area contributed by atoms with E-state index in [1.165, 1.54) is 0 Å². The van der Waals surface area contributed by atoms with Gasteiger partial charge in [0.25, 0.3) is 5.24 Å². The summed E-state index contributed by atoms with van der Waals surface area (Å²) in [5, 5.41) is -0.655. The first kappa shape index (κ1) is 15.2. The van der Waals surface area contributed by atoms with E-state index in [1.807, 2.05) is 0 Å². The van der Waals surface area contributed by atoms with E-state index in [0.717, 1.165) is 4.90 Å². The minimum absolute atomic E-state index is 0.00847. The normalized spacial score (nSPS) is 24.9. The maximum atomic E-state index is 11.2. The van der Waals surface area contributed by atoms with Gasteiger partial charge in [-0.15, -0.1) is 0 Å². The molecule has 1 fully saturated rings. The highest BCUT2D eigenvalue weighted by Gasteiger charge is 2.34. The SMILES string of the molecule is NC(=O)[C@@H]1CC[C@@H](NOS(=O)(=O)O)CN1C(=O)S. The molecule has 0 spiro atoms. The lowest BCUT2D eigenvalue weighted by Crippen LogP contribution is -2.55. The average molecular weight is 299 g/mol. The van der Waals surface area contributed by atoms with Gasteiger partial charge in [-0.2, -0.15) is 18.2 Å². The second kappa shape index (κ2) is 5.84. The van der Waals surface area contributed by atoms with Gasteiger partial charge in [0.05, 0.1) is 6.04 Å². The number of carbonyl (C=O) groups is 2. The van der Waals surface area contributed by atoms with Crippen LogP contribution >= 0.6 is 12.6 Å². The molecule has 2 atom stereocenters. The molecule has 1 saturated heterocycles. The molecule has 9 nitrogen and oxygen atoms in total. The summed E-state index contributed by atoms with van der Waals surface area (Å²) in [6.07, 6.45) is 0.592. The van der Waals surface area contributed by atoms with E-state index in [2.05, 4.69) is 22.4 Å². The highest BCUT2D eigenvalue weighted by atomic mass is 32.3. The lowest BCUT2D eigenvalue weighted by atomic mass is 9.99. The van der Waals surface area contributed by atoms with Crippen molar-refractivity contribution in [3.8, 4) is 0 Å². The van der Waals surface area contributed by atoms with E-state index in [0.29, 0.717) is 6.42 Å². The molecule has 0 aliphatic carbocycles. The maximum absolute atomic E-state index is 11.2. The van der Waals surface area contributed by atoms with Gasteiger partial charge in [-0.1, -0.05) is 12.6 Å². The van der Waals surface area contributed by atoms with Crippen molar-refractivity contribution in [3.05, 3.63) is 0 Å². The highest BCUT2D eigenvalue weighted by Crippen LogP contribution is 2.19. The molecule has 0 bridgehead atoms. The van der Waals surface area contributed by atoms with Gasteiger partial charge < -0.3 is 10.6 Å². The number of nitrogens with one attached hydrogen (secondary N) is 1. The third-order valence-electron chi connectivity index (χ3n) is 2.48. The van der Waals surface area contributed by atoms with Gasteiger partial charge in [-0.05, 0) is 12.8 Å². The Morgan fingerprint density at radius 2 is 2.06 bits per heavy atom. The fourth-order valence-corrected chi connectivity index (χ4v) is 2.18. The summed E-state index contributed by atoms with van der Waals surface area (Å²) < 4.78 is 33.1. The number of thiol groups is 1. The van der Waals surface area contributed by atoms with Crippen molar-refractivity contribution < 1.29 is 26.8 Å². The van der Waals surface area contributed by atoms with Crippen LogP contribution in [0, 0.1) is 0 Å². The van der Waals surface area contributed by atoms with Gasteiger partial charge in [0.15, 0.2) is 0 Å². The van der Waals surface area contributed by atoms with Crippen LogP contribution in [-0.4, -0.2) is 47.6 Å². The van der Waals surface area contributed by atoms with Crippen LogP contribution in [0.25, 0.3) is 0 Å². The number of hydrogen-bond donors (Lipinski definition) is 4. The molecule has 0 aromatic rings. The number of carbonyl (C=O) groups excluding carboxylic acids is 2. The standard InChI is InChI=1S/C7H13N3O6S2/c8-6(11)5-2-1-4(3-10(5)7(12)17)9-16-18(13,14)15/h4-5,9H,1-3H2,(H2,8,11)(H,12,17)(H,13,14,15)/t4-,5+/m1/s1. The minimum atomic E-state index is -4.62. The van der Waals surface area contributed by atoms with E-state index in [9.17, 15) is 18.0 Å². The summed E-state index contributed by atoms with van der Waals surface area (Å²) in [7, 11) is -4.62. The van der Waals surface area contributed by atoms with Crippen molar-refractivity contribution in [2.75, 3.05) is 6.54 Å². The first-order valence-corrected chi connectivity index (χ1v) is 6.72. The first-order chi connectivity index (χ1) is 8.20. The number of nitrogens with two attached hydrogens (primary N) is 1. The maximum Gasteiger partial charge on any atom is 0.413 e. The van der Waals surface area contributed by atoms with Gasteiger partial charge in [0.2, 0.25) is 5.91 Å². The molecule has 0 unspecified atom stereocenters. The molecule has 1 rings (SSSR count). The summed E-state index contributed by atoms with van der Waals surface area (Å²) in [5.41, 5.74) is 7.22. The second-order valence-corrected chi connectivity index (χ2v) is 5.16. The van der Waals surface area contributed by atoms with Crippen molar-refractivity contribution in [2.24, 2.45) is 5.73 Å². The molecular formula is C7H13N3O6S2. The van der Waals surface area contributed by atoms with Crippen LogP contribution < -0.4 is 11.2 Å². The summed E-state index contributed by atoms with van der Waals surface area (Å²) in [6.45, 7) is -0.00847. The van der Waals surface area contributed by atoms with Gasteiger partial charge in [0.1, 0.15) is 6.04 Å². The lowest BCUT2D eigenvalue weighted by Gasteiger charge is -2.36. The Kier molecular flexibility index (Phi) is 4.92. The molecule has 4 N–H and O–H groups in total. The zero-order chi connectivity index (χ0) is 13.9. The van der Waals surface area contributed by atoms with E-state index in [1.54, 1.807) is 0 Å². The molecule has 2 amide bonds. The number of primary amides is 1. The number of likely N-dealkylation sites (tertiary alicyclic amines) is 1. The molecule has 1 heterocycles. The summed E-state index contributed by atoms with van der Waals surface area (Å²) >= 11 is 3.60. The van der Waals surface area contributed by atoms with E-state index in [4.69, 9.17) is 10.3 Å². The number of hydrogen-bond acceptors (Lipinski definition) is 6. The molecule has 0 saturated carbocycles. The predicted molar refractivity (Wildman–Crippen MR) is 62.9 cm³/mol. The summed E-state index contributed by atoms with van der Waals surface area (Å²) in [4.78, 5) is 23.4. The van der Waals surface area contributed by atoms with E-state index in [-0.39, 0.29) is 13.0 Å². The van der Waals surface area contributed by atoms with Crippen molar-refractivity contribution >= 4 is 34.2 Å². The Balaban J connectivity index is 2.63. The van der Waals surface area contributed by atoms with Crippen LogP contribution in [0.2, 0.25) is 0 Å². The van der Waals surface area contributed by atoms with Crippen LogP contribution in [-0.2, 0) is 19.5 Å². The lowest BCUT2D eigenvalue weighted by molar-refractivity contribution is -0.123. The number of piperidine rings is 1. The number of nitrogens with zero attached hydrogens (tertiary/aromatic N) is 1. The molecular weight excluding hydrogens is 286 g/mol. The molecule has 11 heteroatoms. The number of rotatable bonds is 4. The van der Waals surface area contributed by atoms with Crippen LogP contribution in [0.1, 0.15) is 12.8 Å². The van der Waals surface area contributed by atoms with E-state index < -0.39 is 33.6 Å². The highest BCUT2D eigenvalue weighted by molar-refractivity contribution is 7.96. The third-order valence-corrected chi connectivity index (χ3v) is 3.04. The Labute approximate surface area is 109 Å². The van der Waals surface area contributed by atoms with E-state index >= 15 is 0 Å². The Morgan fingerprint density at radius 1 is 1.44 bits per heavy atom. The smallest absolute Gasteiger partial charge is 0.368 e. The van der Waals surface area contributed by atoms with Crippen LogP contribution in [0.15, 0.2) is 0 Å². The average Bonchev–Trinajstić information content (AvgIpc) is 2.24. The largest absolute Gasteiger partial charge is 0.413 e. The quantitative estimate of drug-likeness (QED) is 0.287. The topological polar surface area (TPSA) is 139 Å². The predicted octanol–water partition coefficient (Wildman–Crippen LogP) is -1.32. The van der Waals surface area contributed by atoms with Gasteiger partial charge in [-0.3, -0.25) is 14.1 Å². The van der Waals surface area contributed by atoms with Gasteiger partial charge in [0, 0.05) is 6.54 Å². The Hall–Kier alpha value is -0.880. The van der Waals surface area contributed by atoms with Crippen LogP contribution in [0.5, 0.6) is 0 Å². The first-order valence-electron chi connectivity index (χ1n) is 4.91. The van der Waals surface area contributed by atoms with Crippen molar-refractivity contribution in [3.63, 3.8) is 0 Å². The van der Waals surface area contributed by atoms with Crippen LogP contribution in [0.4, 0.5) is 4.79 Å². The Bertz CT molecular complexity index is 438. The molecule has 0 radical (unpaired) electrons. The fourth-order valence-electron chi connectivity index (χ4n) is 1.70. The van der Waals surface area contributed by atoms with Crippen molar-refractivity contribution in [2.45, 2.75) is 24.9 Å². The zero-order valence-corrected chi connectivity index (χ0v) is 10.9. The summed E-state index contributed by atoms with van der Waals surface area (Å²) in [6, 6.07) is -1.34. The van der Waals surface area contributed by atoms with Gasteiger partial charge in [-0.25, -0.2) is 0 Å². The third kappa shape index (κ3) is 4.42. The van der Waals surface area contributed by atoms with Crippen molar-refractivity contribution in [1.82, 2.24) is 10.4 Å². The number of amides is 2. The summed E-state index contributed by atoms with van der Waals surface area (Å²) in [5.74, 6) is -0.661. The van der Waals surface area contributed by atoms with Crippen LogP contribution in [0.3, 0.4) is 0 Å². The molecule has 0 aromatic heterocycles. The monoisotopic (exact) mass is 299 g/mol. The second-order valence-electron chi connectivity index (χ2n) is 3.76. The molecule has 1 aliphatic rings. The zero-order valence-electron chi connectivity index (χ0n) is 9.14. The fraction of sp³-hybridized carbons (Fsp3) is 0.714. The minimum Gasteiger partial charge on any atom is -0.368 e.